The fraction of sp³-hybridized carbons (Fsp3) is 0.158. The summed E-state index contributed by atoms with van der Waals surface area (Å²) in [7, 11) is 0. The Hall–Kier alpha value is -2.61. The lowest BCUT2D eigenvalue weighted by Gasteiger charge is -2.18. The van der Waals surface area contributed by atoms with E-state index in [-0.39, 0.29) is 5.56 Å². The van der Waals surface area contributed by atoms with Crippen LogP contribution in [0.4, 0.5) is 19.0 Å². The van der Waals surface area contributed by atoms with Crippen molar-refractivity contribution in [3.05, 3.63) is 70.2 Å². The number of aromatic nitrogens is 3. The van der Waals surface area contributed by atoms with Crippen molar-refractivity contribution in [3.8, 4) is 0 Å². The second-order valence-corrected chi connectivity index (χ2v) is 7.07. The van der Waals surface area contributed by atoms with E-state index in [0.717, 1.165) is 21.3 Å². The number of benzene rings is 2. The number of hydrogen-bond donors (Lipinski definition) is 1. The fourth-order valence-electron chi connectivity index (χ4n) is 3.10. The van der Waals surface area contributed by atoms with Gasteiger partial charge in [-0.25, -0.2) is 22.7 Å². The number of fused-ring (bicyclic) bond motifs is 3. The van der Waals surface area contributed by atoms with E-state index in [1.54, 1.807) is 23.8 Å². The maximum Gasteiger partial charge on any atom is 0.266 e. The van der Waals surface area contributed by atoms with Crippen LogP contribution in [0.1, 0.15) is 30.5 Å². The third kappa shape index (κ3) is 3.14. The Bertz CT molecular complexity index is 1140. The number of anilines is 1. The van der Waals surface area contributed by atoms with Crippen LogP contribution in [0.3, 0.4) is 0 Å². The molecule has 1 N–H and O–H groups in total. The smallest absolute Gasteiger partial charge is 0.266 e. The van der Waals surface area contributed by atoms with Crippen molar-refractivity contribution in [1.82, 2.24) is 14.6 Å². The predicted octanol–water partition coefficient (Wildman–Crippen LogP) is 5.89. The minimum Gasteiger partial charge on any atom is -0.361 e. The highest BCUT2D eigenvalue weighted by atomic mass is 79.9. The summed E-state index contributed by atoms with van der Waals surface area (Å²) < 4.78 is 43.0. The highest BCUT2D eigenvalue weighted by Crippen LogP contribution is 2.32. The molecule has 0 spiro atoms. The highest BCUT2D eigenvalue weighted by molar-refractivity contribution is 9.10. The van der Waals surface area contributed by atoms with Gasteiger partial charge in [0.2, 0.25) is 0 Å². The molecule has 1 atom stereocenters. The zero-order valence-electron chi connectivity index (χ0n) is 14.1. The van der Waals surface area contributed by atoms with E-state index in [1.807, 2.05) is 18.2 Å². The number of imidazole rings is 1. The van der Waals surface area contributed by atoms with Crippen molar-refractivity contribution in [1.29, 1.82) is 0 Å². The summed E-state index contributed by atoms with van der Waals surface area (Å²) in [5, 5.41) is 9.32. The molecule has 0 bridgehead atoms. The van der Waals surface area contributed by atoms with Gasteiger partial charge in [0.15, 0.2) is 11.5 Å². The Morgan fingerprint density at radius 3 is 2.67 bits per heavy atom. The molecule has 2 heterocycles. The van der Waals surface area contributed by atoms with E-state index < -0.39 is 23.8 Å². The van der Waals surface area contributed by atoms with Crippen LogP contribution in [0.25, 0.3) is 16.4 Å². The van der Waals surface area contributed by atoms with Gasteiger partial charge in [0.25, 0.3) is 6.43 Å². The van der Waals surface area contributed by atoms with Crippen LogP contribution in [-0.4, -0.2) is 14.6 Å². The summed E-state index contributed by atoms with van der Waals surface area (Å²) in [5.74, 6) is -0.396. The summed E-state index contributed by atoms with van der Waals surface area (Å²) in [6, 6.07) is 9.15. The van der Waals surface area contributed by atoms with Crippen molar-refractivity contribution >= 4 is 38.2 Å². The van der Waals surface area contributed by atoms with E-state index in [4.69, 9.17) is 0 Å². The van der Waals surface area contributed by atoms with Crippen LogP contribution < -0.4 is 5.32 Å². The number of nitrogens with zero attached hydrogens (tertiary/aromatic N) is 3. The van der Waals surface area contributed by atoms with Crippen molar-refractivity contribution in [2.24, 2.45) is 0 Å². The third-order valence-corrected chi connectivity index (χ3v) is 4.91. The second kappa shape index (κ2) is 6.84. The first-order valence-electron chi connectivity index (χ1n) is 8.21. The van der Waals surface area contributed by atoms with Crippen LogP contribution >= 0.6 is 15.9 Å². The molecular weight excluding hydrogens is 421 g/mol. The number of rotatable bonds is 4. The van der Waals surface area contributed by atoms with Crippen molar-refractivity contribution < 1.29 is 13.2 Å². The molecule has 138 valence electrons. The number of alkyl halides is 2. The lowest BCUT2D eigenvalue weighted by molar-refractivity contribution is 0.146. The molecule has 0 saturated heterocycles. The van der Waals surface area contributed by atoms with E-state index in [2.05, 4.69) is 31.3 Å². The molecule has 4 rings (SSSR count). The predicted molar refractivity (Wildman–Crippen MR) is 102 cm³/mol. The summed E-state index contributed by atoms with van der Waals surface area (Å²) in [6.07, 6.45) is 0.488. The van der Waals surface area contributed by atoms with E-state index in [9.17, 15) is 13.2 Å². The van der Waals surface area contributed by atoms with E-state index >= 15 is 0 Å². The lowest BCUT2D eigenvalue weighted by Crippen LogP contribution is -2.12. The third-order valence-electron chi connectivity index (χ3n) is 4.42. The van der Waals surface area contributed by atoms with Crippen LogP contribution in [-0.2, 0) is 0 Å². The molecule has 4 nitrogen and oxygen atoms in total. The Kier molecular flexibility index (Phi) is 4.51. The van der Waals surface area contributed by atoms with Crippen molar-refractivity contribution in [2.45, 2.75) is 19.4 Å². The van der Waals surface area contributed by atoms with Crippen molar-refractivity contribution in [2.75, 3.05) is 5.32 Å². The van der Waals surface area contributed by atoms with Gasteiger partial charge in [-0.3, -0.25) is 0 Å². The zero-order valence-corrected chi connectivity index (χ0v) is 15.7. The topological polar surface area (TPSA) is 42.2 Å². The minimum absolute atomic E-state index is 0.156. The largest absolute Gasteiger partial charge is 0.361 e. The standard InChI is InChI=1S/C19H14BrF3N4/c1-10(12-3-2-4-14(16(12)21)17(22)23)25-18-15-9-11(20)5-6-13(15)19-24-7-8-27(19)26-18/h2-10,17H,1H3,(H,25,26). The van der Waals surface area contributed by atoms with Gasteiger partial charge in [0, 0.05) is 33.2 Å². The second-order valence-electron chi connectivity index (χ2n) is 6.15. The number of hydrogen-bond acceptors (Lipinski definition) is 3. The van der Waals surface area contributed by atoms with E-state index in [0.29, 0.717) is 11.5 Å². The van der Waals surface area contributed by atoms with Gasteiger partial charge in [0.05, 0.1) is 11.6 Å². The molecule has 0 amide bonds. The molecule has 0 fully saturated rings. The molecule has 4 aromatic rings. The molecule has 2 aromatic heterocycles. The van der Waals surface area contributed by atoms with E-state index in [1.165, 1.54) is 12.1 Å². The maximum absolute atomic E-state index is 14.5. The molecule has 27 heavy (non-hydrogen) atoms. The van der Waals surface area contributed by atoms with Gasteiger partial charge in [0.1, 0.15) is 5.82 Å². The molecule has 0 radical (unpaired) electrons. The fourth-order valence-corrected chi connectivity index (χ4v) is 3.46. The molecule has 0 saturated carbocycles. The molecule has 0 aliphatic carbocycles. The Morgan fingerprint density at radius 1 is 1.11 bits per heavy atom. The van der Waals surface area contributed by atoms with Crippen LogP contribution in [0.5, 0.6) is 0 Å². The van der Waals surface area contributed by atoms with Crippen LogP contribution in [0, 0.1) is 5.82 Å². The molecule has 0 aliphatic rings. The van der Waals surface area contributed by atoms with Gasteiger partial charge < -0.3 is 5.32 Å². The monoisotopic (exact) mass is 434 g/mol. The van der Waals surface area contributed by atoms with Gasteiger partial charge in [-0.05, 0) is 25.1 Å². The first-order chi connectivity index (χ1) is 13.0. The molecule has 0 aliphatic heterocycles. The first kappa shape index (κ1) is 17.8. The number of halogens is 4. The van der Waals surface area contributed by atoms with Crippen LogP contribution in [0.2, 0.25) is 0 Å². The first-order valence-corrected chi connectivity index (χ1v) is 9.00. The van der Waals surface area contributed by atoms with Gasteiger partial charge >= 0.3 is 0 Å². The Balaban J connectivity index is 1.81. The normalized spacial score (nSPS) is 12.8. The highest BCUT2D eigenvalue weighted by Gasteiger charge is 2.20. The Labute approximate surface area is 161 Å². The molecule has 8 heteroatoms. The molecule has 2 aromatic carbocycles. The van der Waals surface area contributed by atoms with Gasteiger partial charge in [-0.2, -0.15) is 0 Å². The Morgan fingerprint density at radius 2 is 1.89 bits per heavy atom. The van der Waals surface area contributed by atoms with Gasteiger partial charge in [-0.1, -0.05) is 34.1 Å². The average Bonchev–Trinajstić information content (AvgIpc) is 3.10. The SMILES string of the molecule is CC(Nc1nn2ccnc2c2ccc(Br)cc12)c1cccc(C(F)F)c1F. The van der Waals surface area contributed by atoms with Crippen molar-refractivity contribution in [3.63, 3.8) is 0 Å². The van der Waals surface area contributed by atoms with Gasteiger partial charge in [-0.15, -0.1) is 5.10 Å². The quantitative estimate of drug-likeness (QED) is 0.435. The summed E-state index contributed by atoms with van der Waals surface area (Å²) in [5.41, 5.74) is 0.247. The minimum atomic E-state index is -2.87. The average molecular weight is 435 g/mol. The maximum atomic E-state index is 14.5. The summed E-state index contributed by atoms with van der Waals surface area (Å²) >= 11 is 3.44. The number of nitrogens with one attached hydrogen (secondary N) is 1. The summed E-state index contributed by atoms with van der Waals surface area (Å²) in [6.45, 7) is 1.71. The van der Waals surface area contributed by atoms with Crippen LogP contribution in [0.15, 0.2) is 53.3 Å². The molecule has 1 unspecified atom stereocenters. The summed E-state index contributed by atoms with van der Waals surface area (Å²) in [4.78, 5) is 4.31. The zero-order chi connectivity index (χ0) is 19.1. The molecular formula is C19H14BrF3N4. The lowest BCUT2D eigenvalue weighted by atomic mass is 10.0.